The van der Waals surface area contributed by atoms with Gasteiger partial charge in [-0.25, -0.2) is 9.97 Å². The molecule has 0 aliphatic heterocycles. The van der Waals surface area contributed by atoms with Crippen molar-refractivity contribution >= 4 is 87.4 Å². The SMILES string of the molecule is c1ccc(-n2c3ccccc3c3ccc(-c4ccc5nc(-n6c7ccccc7c7c8ccccc8c8c9ccccc9oc8c76)ccc5n4)cc32)cc1. The highest BCUT2D eigenvalue weighted by molar-refractivity contribution is 6.35. The molecule has 0 radical (unpaired) electrons. The third kappa shape index (κ3) is 3.96. The second kappa shape index (κ2) is 10.6. The highest BCUT2D eigenvalue weighted by Gasteiger charge is 2.23. The van der Waals surface area contributed by atoms with E-state index in [0.29, 0.717) is 0 Å². The summed E-state index contributed by atoms with van der Waals surface area (Å²) < 4.78 is 11.4. The van der Waals surface area contributed by atoms with Gasteiger partial charge in [0, 0.05) is 43.6 Å². The van der Waals surface area contributed by atoms with Crippen LogP contribution in [0.3, 0.4) is 0 Å². The molecule has 7 aromatic carbocycles. The second-order valence-electron chi connectivity index (χ2n) is 13.7. The van der Waals surface area contributed by atoms with Crippen LogP contribution in [0.4, 0.5) is 0 Å². The molecule has 0 N–H and O–H groups in total. The molecule has 5 aromatic heterocycles. The molecule has 246 valence electrons. The highest BCUT2D eigenvalue weighted by Crippen LogP contribution is 2.45. The van der Waals surface area contributed by atoms with E-state index in [9.17, 15) is 0 Å². The maximum absolute atomic E-state index is 6.74. The quantitative estimate of drug-likeness (QED) is 0.187. The minimum absolute atomic E-state index is 0.823. The van der Waals surface area contributed by atoms with Crippen molar-refractivity contribution in [3.8, 4) is 22.8 Å². The monoisotopic (exact) mass is 676 g/mol. The number of hydrogen-bond acceptors (Lipinski definition) is 3. The molecule has 0 amide bonds. The van der Waals surface area contributed by atoms with Crippen LogP contribution in [0.5, 0.6) is 0 Å². The van der Waals surface area contributed by atoms with Crippen molar-refractivity contribution in [1.82, 2.24) is 19.1 Å². The van der Waals surface area contributed by atoms with Crippen molar-refractivity contribution in [2.45, 2.75) is 0 Å². The lowest BCUT2D eigenvalue weighted by molar-refractivity contribution is 0.671. The summed E-state index contributed by atoms with van der Waals surface area (Å²) in [5.41, 5.74) is 11.0. The van der Waals surface area contributed by atoms with Gasteiger partial charge in [-0.3, -0.25) is 4.57 Å². The number of para-hydroxylation sites is 4. The zero-order valence-electron chi connectivity index (χ0n) is 28.4. The molecule has 12 aromatic rings. The fourth-order valence-corrected chi connectivity index (χ4v) is 8.63. The maximum Gasteiger partial charge on any atom is 0.160 e. The van der Waals surface area contributed by atoms with Gasteiger partial charge in [-0.1, -0.05) is 109 Å². The summed E-state index contributed by atoms with van der Waals surface area (Å²) in [6.07, 6.45) is 0. The molecular formula is C48H28N4O. The molecule has 5 nitrogen and oxygen atoms in total. The van der Waals surface area contributed by atoms with Crippen molar-refractivity contribution in [2.24, 2.45) is 0 Å². The van der Waals surface area contributed by atoms with E-state index in [1.807, 2.05) is 6.07 Å². The number of hydrogen-bond donors (Lipinski definition) is 0. The summed E-state index contributed by atoms with van der Waals surface area (Å²) in [5.74, 6) is 0.823. The molecule has 0 bridgehead atoms. The van der Waals surface area contributed by atoms with Crippen molar-refractivity contribution in [1.29, 1.82) is 0 Å². The van der Waals surface area contributed by atoms with Crippen LogP contribution >= 0.6 is 0 Å². The second-order valence-corrected chi connectivity index (χ2v) is 13.7. The van der Waals surface area contributed by atoms with Gasteiger partial charge in [0.25, 0.3) is 0 Å². The number of aromatic nitrogens is 4. The molecule has 0 saturated carbocycles. The van der Waals surface area contributed by atoms with Crippen LogP contribution in [0.2, 0.25) is 0 Å². The zero-order valence-corrected chi connectivity index (χ0v) is 28.4. The molecule has 0 fully saturated rings. The standard InChI is InChI=1S/C48H28N4O/c1-2-12-30(13-3-1)51-40-19-9-6-14-31(40)32-23-22-29(28-42(32)51)37-24-25-39-38(49-37)26-27-44(50-39)52-41-20-10-7-17-35(41)45-33-15-4-5-16-34(33)46-36-18-8-11-21-43(36)53-48(46)47(45)52/h1-28H. The largest absolute Gasteiger partial charge is 0.454 e. The average molecular weight is 677 g/mol. The zero-order chi connectivity index (χ0) is 34.6. The van der Waals surface area contributed by atoms with Crippen LogP contribution in [0.25, 0.3) is 110 Å². The van der Waals surface area contributed by atoms with Crippen LogP contribution in [0.1, 0.15) is 0 Å². The van der Waals surface area contributed by atoms with Gasteiger partial charge in [-0.2, -0.15) is 0 Å². The average Bonchev–Trinajstić information content (AvgIpc) is 3.89. The molecular weight excluding hydrogens is 649 g/mol. The van der Waals surface area contributed by atoms with Crippen molar-refractivity contribution < 1.29 is 4.42 Å². The molecule has 0 aliphatic rings. The number of pyridine rings is 2. The van der Waals surface area contributed by atoms with Crippen LogP contribution in [0.15, 0.2) is 174 Å². The van der Waals surface area contributed by atoms with Gasteiger partial charge in [0.1, 0.15) is 11.4 Å². The summed E-state index contributed by atoms with van der Waals surface area (Å²) in [6, 6.07) is 59.8. The Morgan fingerprint density at radius 2 is 1.04 bits per heavy atom. The minimum Gasteiger partial charge on any atom is -0.454 e. The first kappa shape index (κ1) is 28.5. The molecule has 0 saturated heterocycles. The van der Waals surface area contributed by atoms with Gasteiger partial charge in [0.05, 0.1) is 38.8 Å². The maximum atomic E-state index is 6.74. The van der Waals surface area contributed by atoms with Gasteiger partial charge in [0.2, 0.25) is 0 Å². The van der Waals surface area contributed by atoms with Crippen LogP contribution in [-0.4, -0.2) is 19.1 Å². The van der Waals surface area contributed by atoms with E-state index in [2.05, 4.69) is 173 Å². The summed E-state index contributed by atoms with van der Waals surface area (Å²) in [4.78, 5) is 10.5. The van der Waals surface area contributed by atoms with Crippen LogP contribution in [-0.2, 0) is 0 Å². The first-order valence-corrected chi connectivity index (χ1v) is 17.9. The summed E-state index contributed by atoms with van der Waals surface area (Å²) >= 11 is 0. The predicted molar refractivity (Wildman–Crippen MR) is 218 cm³/mol. The molecule has 0 spiro atoms. The Kier molecular flexibility index (Phi) is 5.71. The van der Waals surface area contributed by atoms with E-state index in [1.54, 1.807) is 0 Å². The Bertz CT molecular complexity index is 3460. The van der Waals surface area contributed by atoms with E-state index in [-0.39, 0.29) is 0 Å². The molecule has 53 heavy (non-hydrogen) atoms. The first-order chi connectivity index (χ1) is 26.3. The van der Waals surface area contributed by atoms with E-state index < -0.39 is 0 Å². The van der Waals surface area contributed by atoms with Gasteiger partial charge in [0.15, 0.2) is 5.58 Å². The Morgan fingerprint density at radius 3 is 1.87 bits per heavy atom. The third-order valence-corrected chi connectivity index (χ3v) is 10.9. The molecule has 0 atom stereocenters. The van der Waals surface area contributed by atoms with E-state index in [4.69, 9.17) is 14.4 Å². The lowest BCUT2D eigenvalue weighted by Crippen LogP contribution is -1.99. The fourth-order valence-electron chi connectivity index (χ4n) is 8.63. The van der Waals surface area contributed by atoms with Crippen molar-refractivity contribution in [3.63, 3.8) is 0 Å². The minimum atomic E-state index is 0.823. The van der Waals surface area contributed by atoms with Gasteiger partial charge >= 0.3 is 0 Å². The number of rotatable bonds is 3. The van der Waals surface area contributed by atoms with Gasteiger partial charge < -0.3 is 8.98 Å². The lowest BCUT2D eigenvalue weighted by Gasteiger charge is -2.11. The smallest absolute Gasteiger partial charge is 0.160 e. The fraction of sp³-hybridized carbons (Fsp3) is 0. The number of benzene rings is 7. The molecule has 5 heteroatoms. The van der Waals surface area contributed by atoms with E-state index >= 15 is 0 Å². The number of nitrogens with zero attached hydrogens (tertiary/aromatic N) is 4. The molecule has 0 aliphatic carbocycles. The van der Waals surface area contributed by atoms with Gasteiger partial charge in [-0.05, 0) is 71.4 Å². The van der Waals surface area contributed by atoms with Crippen molar-refractivity contribution in [3.05, 3.63) is 170 Å². The Hall–Kier alpha value is -7.24. The van der Waals surface area contributed by atoms with Crippen LogP contribution < -0.4 is 0 Å². The number of fused-ring (bicyclic) bond motifs is 14. The molecule has 5 heterocycles. The highest BCUT2D eigenvalue weighted by atomic mass is 16.3. The molecule has 0 unspecified atom stereocenters. The predicted octanol–water partition coefficient (Wildman–Crippen LogP) is 12.5. The number of furan rings is 1. The topological polar surface area (TPSA) is 48.8 Å². The Balaban J connectivity index is 1.07. The van der Waals surface area contributed by atoms with Crippen LogP contribution in [0, 0.1) is 0 Å². The normalized spacial score (nSPS) is 12.2. The summed E-state index contributed by atoms with van der Waals surface area (Å²) in [7, 11) is 0. The summed E-state index contributed by atoms with van der Waals surface area (Å²) in [6.45, 7) is 0. The summed E-state index contributed by atoms with van der Waals surface area (Å²) in [5, 5.41) is 9.42. The molecule has 12 rings (SSSR count). The van der Waals surface area contributed by atoms with E-state index in [1.165, 1.54) is 37.8 Å². The van der Waals surface area contributed by atoms with Crippen molar-refractivity contribution in [2.75, 3.05) is 0 Å². The Morgan fingerprint density at radius 1 is 0.415 bits per heavy atom. The first-order valence-electron chi connectivity index (χ1n) is 17.9. The van der Waals surface area contributed by atoms with E-state index in [0.717, 1.165) is 72.3 Å². The lowest BCUT2D eigenvalue weighted by atomic mass is 9.99. The Labute approximate surface area is 302 Å². The van der Waals surface area contributed by atoms with Gasteiger partial charge in [-0.15, -0.1) is 0 Å². The third-order valence-electron chi connectivity index (χ3n) is 10.9.